The highest BCUT2D eigenvalue weighted by atomic mass is 16.1. The Bertz CT molecular complexity index is 1470. The van der Waals surface area contributed by atoms with Crippen LogP contribution in [0, 0.1) is 0 Å². The molecule has 0 atom stereocenters. The van der Waals surface area contributed by atoms with Crippen molar-refractivity contribution >= 4 is 28.3 Å². The fourth-order valence-electron chi connectivity index (χ4n) is 3.70. The van der Waals surface area contributed by atoms with Crippen LogP contribution in [0.3, 0.4) is 0 Å². The van der Waals surface area contributed by atoms with Gasteiger partial charge in [-0.1, -0.05) is 49.0 Å². The molecule has 7 heteroatoms. The van der Waals surface area contributed by atoms with E-state index in [4.69, 9.17) is 5.73 Å². The lowest BCUT2D eigenvalue weighted by Gasteiger charge is -2.10. The minimum atomic E-state index is -0.200. The van der Waals surface area contributed by atoms with Gasteiger partial charge < -0.3 is 16.0 Å². The van der Waals surface area contributed by atoms with E-state index in [0.29, 0.717) is 34.9 Å². The summed E-state index contributed by atoms with van der Waals surface area (Å²) in [6.07, 6.45) is 4.89. The van der Waals surface area contributed by atoms with Crippen LogP contribution in [-0.4, -0.2) is 25.8 Å². The fourth-order valence-corrected chi connectivity index (χ4v) is 3.70. The van der Waals surface area contributed by atoms with Gasteiger partial charge in [0.15, 0.2) is 0 Å². The molecule has 0 spiro atoms. The molecule has 0 aliphatic carbocycles. The molecule has 0 fully saturated rings. The normalized spacial score (nSPS) is 10.8. The van der Waals surface area contributed by atoms with Crippen molar-refractivity contribution in [3.05, 3.63) is 114 Å². The number of H-pyrrole nitrogens is 1. The van der Waals surface area contributed by atoms with Gasteiger partial charge in [-0.2, -0.15) is 0 Å². The van der Waals surface area contributed by atoms with Crippen molar-refractivity contribution in [1.82, 2.24) is 25.3 Å². The summed E-state index contributed by atoms with van der Waals surface area (Å²) in [5.41, 5.74) is 12.2. The smallest absolute Gasteiger partial charge is 0.253 e. The molecule has 0 saturated carbocycles. The molecule has 2 aromatic carbocycles. The topological polar surface area (TPSA) is 110 Å². The standard InChI is InChI=1S/C27H22N6O/c1-17(26-32-23-9-5-6-10-24(23)33-26)22-12-20(16-30-25(22)28)19-11-21(15-29-14-19)27(34)31-13-18-7-3-2-4-8-18/h2-12,14-16H,1,13H2,(H2,28,30)(H,31,34)(H,32,33). The molecule has 5 aromatic rings. The average molecular weight is 447 g/mol. The molecule has 3 heterocycles. The zero-order chi connectivity index (χ0) is 23.5. The van der Waals surface area contributed by atoms with Crippen LogP contribution in [-0.2, 0) is 6.54 Å². The summed E-state index contributed by atoms with van der Waals surface area (Å²) < 4.78 is 0. The highest BCUT2D eigenvalue weighted by molar-refractivity contribution is 5.95. The first kappa shape index (κ1) is 21.1. The largest absolute Gasteiger partial charge is 0.383 e. The number of anilines is 1. The number of fused-ring (bicyclic) bond motifs is 1. The van der Waals surface area contributed by atoms with Crippen molar-refractivity contribution < 1.29 is 4.79 Å². The number of amides is 1. The van der Waals surface area contributed by atoms with E-state index in [9.17, 15) is 4.79 Å². The lowest BCUT2D eigenvalue weighted by Crippen LogP contribution is -2.22. The van der Waals surface area contributed by atoms with Crippen molar-refractivity contribution in [1.29, 1.82) is 0 Å². The van der Waals surface area contributed by atoms with Crippen LogP contribution >= 0.6 is 0 Å². The average Bonchev–Trinajstić information content (AvgIpc) is 3.32. The minimum Gasteiger partial charge on any atom is -0.383 e. The van der Waals surface area contributed by atoms with E-state index in [0.717, 1.165) is 27.7 Å². The van der Waals surface area contributed by atoms with Crippen LogP contribution in [0.4, 0.5) is 5.82 Å². The summed E-state index contributed by atoms with van der Waals surface area (Å²) in [6, 6.07) is 21.2. The number of carbonyl (C=O) groups is 1. The van der Waals surface area contributed by atoms with E-state index in [1.54, 1.807) is 24.7 Å². The predicted molar refractivity (Wildman–Crippen MR) is 134 cm³/mol. The van der Waals surface area contributed by atoms with Crippen LogP contribution in [0.1, 0.15) is 27.3 Å². The molecule has 3 aromatic heterocycles. The molecule has 0 bridgehead atoms. The Morgan fingerprint density at radius 1 is 0.971 bits per heavy atom. The Kier molecular flexibility index (Phi) is 5.58. The zero-order valence-corrected chi connectivity index (χ0v) is 18.3. The van der Waals surface area contributed by atoms with Crippen molar-refractivity contribution in [2.45, 2.75) is 6.54 Å². The van der Waals surface area contributed by atoms with E-state index in [2.05, 4.69) is 31.8 Å². The highest BCUT2D eigenvalue weighted by Crippen LogP contribution is 2.29. The number of imidazole rings is 1. The number of hydrogen-bond acceptors (Lipinski definition) is 5. The van der Waals surface area contributed by atoms with Crippen LogP contribution in [0.5, 0.6) is 0 Å². The molecule has 4 N–H and O–H groups in total. The lowest BCUT2D eigenvalue weighted by molar-refractivity contribution is 0.0950. The van der Waals surface area contributed by atoms with Crippen LogP contribution in [0.2, 0.25) is 0 Å². The number of nitrogen functional groups attached to an aromatic ring is 1. The number of hydrogen-bond donors (Lipinski definition) is 3. The molecule has 0 aliphatic heterocycles. The molecule has 1 amide bonds. The number of aromatic amines is 1. The fraction of sp³-hybridized carbons (Fsp3) is 0.0370. The van der Waals surface area contributed by atoms with Crippen molar-refractivity contribution in [2.24, 2.45) is 0 Å². The van der Waals surface area contributed by atoms with E-state index in [1.807, 2.05) is 60.7 Å². The molecule has 166 valence electrons. The van der Waals surface area contributed by atoms with Crippen LogP contribution in [0.25, 0.3) is 27.7 Å². The zero-order valence-electron chi connectivity index (χ0n) is 18.3. The molecular formula is C27H22N6O. The third-order valence-electron chi connectivity index (χ3n) is 5.55. The van der Waals surface area contributed by atoms with Gasteiger partial charge in [0, 0.05) is 47.4 Å². The minimum absolute atomic E-state index is 0.200. The van der Waals surface area contributed by atoms with Crippen LogP contribution in [0.15, 0.2) is 91.9 Å². The van der Waals surface area contributed by atoms with Gasteiger partial charge in [0.05, 0.1) is 16.6 Å². The number of nitrogens with two attached hydrogens (primary N) is 1. The SMILES string of the molecule is C=C(c1nc2ccccc2[nH]1)c1cc(-c2cncc(C(=O)NCc3ccccc3)c2)cnc1N. The van der Waals surface area contributed by atoms with Gasteiger partial charge >= 0.3 is 0 Å². The maximum Gasteiger partial charge on any atom is 0.253 e. The lowest BCUT2D eigenvalue weighted by atomic mass is 10.0. The van der Waals surface area contributed by atoms with E-state index in [-0.39, 0.29) is 5.91 Å². The number of para-hydroxylation sites is 2. The monoisotopic (exact) mass is 446 g/mol. The van der Waals surface area contributed by atoms with E-state index >= 15 is 0 Å². The summed E-state index contributed by atoms with van der Waals surface area (Å²) in [7, 11) is 0. The molecule has 0 saturated heterocycles. The number of pyridine rings is 2. The molecule has 0 aliphatic rings. The third kappa shape index (κ3) is 4.27. The quantitative estimate of drug-likeness (QED) is 0.353. The van der Waals surface area contributed by atoms with Gasteiger partial charge in [-0.15, -0.1) is 0 Å². The van der Waals surface area contributed by atoms with Crippen molar-refractivity contribution in [2.75, 3.05) is 5.73 Å². The number of benzene rings is 2. The van der Waals surface area contributed by atoms with E-state index < -0.39 is 0 Å². The first-order chi connectivity index (χ1) is 16.6. The maximum absolute atomic E-state index is 12.7. The summed E-state index contributed by atoms with van der Waals surface area (Å²) in [6.45, 7) is 4.63. The summed E-state index contributed by atoms with van der Waals surface area (Å²) >= 11 is 0. The maximum atomic E-state index is 12.7. The van der Waals surface area contributed by atoms with Crippen molar-refractivity contribution in [3.8, 4) is 11.1 Å². The Balaban J connectivity index is 1.40. The van der Waals surface area contributed by atoms with Gasteiger partial charge in [0.1, 0.15) is 11.6 Å². The van der Waals surface area contributed by atoms with Gasteiger partial charge in [-0.05, 0) is 29.8 Å². The second-order valence-corrected chi connectivity index (χ2v) is 7.87. The Morgan fingerprint density at radius 2 is 1.74 bits per heavy atom. The summed E-state index contributed by atoms with van der Waals surface area (Å²) in [5.74, 6) is 0.770. The van der Waals surface area contributed by atoms with Gasteiger partial charge in [0.2, 0.25) is 0 Å². The van der Waals surface area contributed by atoms with Crippen molar-refractivity contribution in [3.63, 3.8) is 0 Å². The molecule has 7 nitrogen and oxygen atoms in total. The molecule has 5 rings (SSSR count). The van der Waals surface area contributed by atoms with Gasteiger partial charge in [-0.3, -0.25) is 9.78 Å². The van der Waals surface area contributed by atoms with Gasteiger partial charge in [-0.25, -0.2) is 9.97 Å². The predicted octanol–water partition coefficient (Wildman–Crippen LogP) is 4.59. The Labute approximate surface area is 196 Å². The number of nitrogens with zero attached hydrogens (tertiary/aromatic N) is 3. The summed E-state index contributed by atoms with van der Waals surface area (Å²) in [5, 5.41) is 2.93. The van der Waals surface area contributed by atoms with Gasteiger partial charge in [0.25, 0.3) is 5.91 Å². The number of nitrogens with one attached hydrogen (secondary N) is 2. The second-order valence-electron chi connectivity index (χ2n) is 7.87. The number of rotatable bonds is 6. The number of aromatic nitrogens is 4. The molecule has 0 radical (unpaired) electrons. The molecular weight excluding hydrogens is 424 g/mol. The van der Waals surface area contributed by atoms with E-state index in [1.165, 1.54) is 0 Å². The van der Waals surface area contributed by atoms with Crippen LogP contribution < -0.4 is 11.1 Å². The summed E-state index contributed by atoms with van der Waals surface area (Å²) in [4.78, 5) is 29.2. The first-order valence-corrected chi connectivity index (χ1v) is 10.8. The molecule has 34 heavy (non-hydrogen) atoms. The Hall–Kier alpha value is -4.78. The third-order valence-corrected chi connectivity index (χ3v) is 5.55. The second kappa shape index (κ2) is 8.99. The number of carbonyl (C=O) groups excluding carboxylic acids is 1. The highest BCUT2D eigenvalue weighted by Gasteiger charge is 2.14. The Morgan fingerprint density at radius 3 is 2.56 bits per heavy atom. The molecule has 0 unspecified atom stereocenters. The first-order valence-electron chi connectivity index (χ1n) is 10.8.